The van der Waals surface area contributed by atoms with Gasteiger partial charge in [-0.25, -0.2) is 0 Å². The molecule has 1 aliphatic carbocycles. The van der Waals surface area contributed by atoms with E-state index in [0.29, 0.717) is 0 Å². The SMILES string of the molecule is CC1(c2ccccc2)c2ccccc2-c2cc(N(c3ccc(-c4ccc5ccccc5c4)cc3)c3ccccc3-c3ccccc3-c3ccccc3-c3ccccc3)ccc21. The van der Waals surface area contributed by atoms with Crippen molar-refractivity contribution in [2.45, 2.75) is 12.3 Å². The van der Waals surface area contributed by atoms with Crippen molar-refractivity contribution in [3.05, 3.63) is 259 Å². The van der Waals surface area contributed by atoms with Crippen LogP contribution in [-0.4, -0.2) is 0 Å². The third kappa shape index (κ3) is 6.26. The second-order valence-corrected chi connectivity index (χ2v) is 16.2. The van der Waals surface area contributed by atoms with E-state index in [2.05, 4.69) is 254 Å². The number of anilines is 3. The lowest BCUT2D eigenvalue weighted by atomic mass is 9.74. The molecule has 0 amide bonds. The lowest BCUT2D eigenvalue weighted by Crippen LogP contribution is -2.22. The molecule has 0 heterocycles. The van der Waals surface area contributed by atoms with Crippen LogP contribution >= 0.6 is 0 Å². The number of benzene rings is 10. The summed E-state index contributed by atoms with van der Waals surface area (Å²) in [5.74, 6) is 0. The number of para-hydroxylation sites is 1. The molecule has 1 unspecified atom stereocenters. The number of fused-ring (bicyclic) bond motifs is 4. The minimum absolute atomic E-state index is 0.277. The van der Waals surface area contributed by atoms with Gasteiger partial charge in [0.15, 0.2) is 0 Å². The third-order valence-corrected chi connectivity index (χ3v) is 12.8. The van der Waals surface area contributed by atoms with Crippen LogP contribution in [0.15, 0.2) is 243 Å². The van der Waals surface area contributed by atoms with Gasteiger partial charge >= 0.3 is 0 Å². The molecule has 0 saturated heterocycles. The Labute approximate surface area is 358 Å². The van der Waals surface area contributed by atoms with E-state index in [1.807, 2.05) is 0 Å². The lowest BCUT2D eigenvalue weighted by molar-refractivity contribution is 0.714. The van der Waals surface area contributed by atoms with E-state index in [9.17, 15) is 0 Å². The van der Waals surface area contributed by atoms with Gasteiger partial charge in [0.1, 0.15) is 0 Å². The molecule has 0 N–H and O–H groups in total. The second kappa shape index (κ2) is 15.1. The maximum atomic E-state index is 2.46. The smallest absolute Gasteiger partial charge is 0.0540 e. The van der Waals surface area contributed by atoms with Gasteiger partial charge in [0.25, 0.3) is 0 Å². The van der Waals surface area contributed by atoms with Crippen molar-refractivity contribution in [2.24, 2.45) is 0 Å². The standard InChI is InChI=1S/C60H43N/c1-60(47-22-6-3-7-23-47)57-30-16-14-28-54(57)56-41-49(38-39-58(56)60)61(48-36-34-43(35-37-48)46-33-32-42-18-8-9-21-45(42)40-46)59-31-17-15-29-55(59)53-27-13-12-26-52(53)51-25-11-10-24-50(51)44-19-4-2-5-20-44/h2-41H,1H3. The lowest BCUT2D eigenvalue weighted by Gasteiger charge is -2.31. The van der Waals surface area contributed by atoms with Gasteiger partial charge in [-0.3, -0.25) is 0 Å². The van der Waals surface area contributed by atoms with Crippen LogP contribution < -0.4 is 4.90 Å². The van der Waals surface area contributed by atoms with Gasteiger partial charge in [0.2, 0.25) is 0 Å². The van der Waals surface area contributed by atoms with Crippen molar-refractivity contribution < 1.29 is 0 Å². The van der Waals surface area contributed by atoms with Crippen molar-refractivity contribution in [1.29, 1.82) is 0 Å². The summed E-state index contributed by atoms with van der Waals surface area (Å²) in [6.45, 7) is 2.38. The molecule has 1 heteroatoms. The van der Waals surface area contributed by atoms with Crippen LogP contribution in [0.1, 0.15) is 23.6 Å². The van der Waals surface area contributed by atoms with Crippen LogP contribution in [0.25, 0.3) is 66.4 Å². The van der Waals surface area contributed by atoms with E-state index < -0.39 is 0 Å². The van der Waals surface area contributed by atoms with Crippen molar-refractivity contribution in [1.82, 2.24) is 0 Å². The van der Waals surface area contributed by atoms with E-state index in [4.69, 9.17) is 0 Å². The summed E-state index contributed by atoms with van der Waals surface area (Å²) in [7, 11) is 0. The molecule has 0 radical (unpaired) electrons. The van der Waals surface area contributed by atoms with Crippen LogP contribution in [-0.2, 0) is 5.41 Å². The molecule has 1 atom stereocenters. The van der Waals surface area contributed by atoms with Gasteiger partial charge < -0.3 is 4.90 Å². The highest BCUT2D eigenvalue weighted by molar-refractivity contribution is 5.98. The van der Waals surface area contributed by atoms with Gasteiger partial charge in [0.05, 0.1) is 5.69 Å². The fraction of sp³-hybridized carbons (Fsp3) is 0.0333. The predicted molar refractivity (Wildman–Crippen MR) is 258 cm³/mol. The van der Waals surface area contributed by atoms with Gasteiger partial charge in [-0.1, -0.05) is 206 Å². The molecule has 1 nitrogen and oxygen atoms in total. The first-order chi connectivity index (χ1) is 30.1. The number of hydrogen-bond acceptors (Lipinski definition) is 1. The molecule has 0 bridgehead atoms. The molecule has 11 rings (SSSR count). The quantitative estimate of drug-likeness (QED) is 0.149. The van der Waals surface area contributed by atoms with E-state index in [-0.39, 0.29) is 5.41 Å². The van der Waals surface area contributed by atoms with Crippen molar-refractivity contribution in [3.63, 3.8) is 0 Å². The van der Waals surface area contributed by atoms with Gasteiger partial charge in [-0.15, -0.1) is 0 Å². The Morgan fingerprint density at radius 1 is 0.295 bits per heavy atom. The zero-order valence-electron chi connectivity index (χ0n) is 34.0. The van der Waals surface area contributed by atoms with Crippen LogP contribution in [0, 0.1) is 0 Å². The Morgan fingerprint density at radius 2 is 0.803 bits per heavy atom. The van der Waals surface area contributed by atoms with E-state index in [0.717, 1.165) is 22.6 Å². The number of rotatable bonds is 8. The molecule has 288 valence electrons. The van der Waals surface area contributed by atoms with E-state index >= 15 is 0 Å². The topological polar surface area (TPSA) is 3.24 Å². The molecule has 0 spiro atoms. The number of hydrogen-bond donors (Lipinski definition) is 0. The van der Waals surface area contributed by atoms with Crippen molar-refractivity contribution in [3.8, 4) is 55.6 Å². The predicted octanol–water partition coefficient (Wildman–Crippen LogP) is 16.3. The molecule has 10 aromatic rings. The maximum absolute atomic E-state index is 2.46. The summed E-state index contributed by atoms with van der Waals surface area (Å²) >= 11 is 0. The Bertz CT molecular complexity index is 3200. The minimum Gasteiger partial charge on any atom is -0.310 e. The summed E-state index contributed by atoms with van der Waals surface area (Å²) in [6, 6.07) is 88.8. The largest absolute Gasteiger partial charge is 0.310 e. The summed E-state index contributed by atoms with van der Waals surface area (Å²) in [5, 5.41) is 2.49. The minimum atomic E-state index is -0.277. The van der Waals surface area contributed by atoms with Crippen molar-refractivity contribution >= 4 is 27.8 Å². The molecule has 10 aromatic carbocycles. The second-order valence-electron chi connectivity index (χ2n) is 16.2. The molecule has 0 saturated carbocycles. The maximum Gasteiger partial charge on any atom is 0.0540 e. The number of nitrogens with zero attached hydrogens (tertiary/aromatic N) is 1. The fourth-order valence-corrected chi connectivity index (χ4v) is 9.75. The third-order valence-electron chi connectivity index (χ3n) is 12.8. The highest BCUT2D eigenvalue weighted by Crippen LogP contribution is 2.54. The monoisotopic (exact) mass is 777 g/mol. The average molecular weight is 778 g/mol. The van der Waals surface area contributed by atoms with E-state index in [1.165, 1.54) is 77.5 Å². The molecule has 0 fully saturated rings. The molecule has 0 aromatic heterocycles. The summed E-state index contributed by atoms with van der Waals surface area (Å²) in [4.78, 5) is 2.46. The zero-order valence-corrected chi connectivity index (χ0v) is 34.0. The van der Waals surface area contributed by atoms with Crippen LogP contribution in [0.4, 0.5) is 17.1 Å². The summed E-state index contributed by atoms with van der Waals surface area (Å²) < 4.78 is 0. The molecular weight excluding hydrogens is 735 g/mol. The summed E-state index contributed by atoms with van der Waals surface area (Å²) in [6.07, 6.45) is 0. The molecule has 61 heavy (non-hydrogen) atoms. The molecule has 0 aliphatic heterocycles. The first-order valence-electron chi connectivity index (χ1n) is 21.2. The van der Waals surface area contributed by atoms with Crippen molar-refractivity contribution in [2.75, 3.05) is 4.90 Å². The summed E-state index contributed by atoms with van der Waals surface area (Å²) in [5.41, 5.74) is 19.1. The van der Waals surface area contributed by atoms with Gasteiger partial charge in [-0.05, 0) is 121 Å². The highest BCUT2D eigenvalue weighted by Gasteiger charge is 2.41. The Balaban J connectivity index is 1.10. The van der Waals surface area contributed by atoms with Gasteiger partial charge in [-0.2, -0.15) is 0 Å². The Morgan fingerprint density at radius 3 is 1.54 bits per heavy atom. The highest BCUT2D eigenvalue weighted by atomic mass is 15.1. The van der Waals surface area contributed by atoms with E-state index in [1.54, 1.807) is 0 Å². The normalized spacial score (nSPS) is 14.0. The first-order valence-corrected chi connectivity index (χ1v) is 21.2. The fourth-order valence-electron chi connectivity index (χ4n) is 9.75. The van der Waals surface area contributed by atoms with Crippen LogP contribution in [0.5, 0.6) is 0 Å². The van der Waals surface area contributed by atoms with Crippen LogP contribution in [0.2, 0.25) is 0 Å². The molecule has 1 aliphatic rings. The first kappa shape index (κ1) is 36.3. The van der Waals surface area contributed by atoms with Crippen LogP contribution in [0.3, 0.4) is 0 Å². The average Bonchev–Trinajstić information content (AvgIpc) is 3.60. The Kier molecular flexibility index (Phi) is 9.02. The zero-order chi connectivity index (χ0) is 40.8. The molecular formula is C60H43N. The Hall–Kier alpha value is -7.74. The van der Waals surface area contributed by atoms with Gasteiger partial charge in [0, 0.05) is 22.4 Å².